The maximum absolute atomic E-state index is 12.5. The van der Waals surface area contributed by atoms with E-state index in [9.17, 15) is 5.11 Å². The molecule has 0 fully saturated rings. The molecule has 2 aliphatic rings. The molecular weight excluding hydrogens is 768 g/mol. The fourth-order valence-corrected chi connectivity index (χ4v) is 9.57. The number of hydrogen-bond donors (Lipinski definition) is 1. The van der Waals surface area contributed by atoms with E-state index in [0.717, 1.165) is 44.7 Å². The molecule has 336 valence electrons. The number of benzene rings is 3. The van der Waals surface area contributed by atoms with Crippen molar-refractivity contribution >= 4 is 8.60 Å². The Morgan fingerprint density at radius 1 is 0.492 bits per heavy atom. The molecule has 0 saturated carbocycles. The zero-order chi connectivity index (χ0) is 46.6. The van der Waals surface area contributed by atoms with Gasteiger partial charge in [-0.25, -0.2) is 0 Å². The van der Waals surface area contributed by atoms with Gasteiger partial charge in [0, 0.05) is 39.3 Å². The second kappa shape index (κ2) is 15.6. The van der Waals surface area contributed by atoms with Gasteiger partial charge in [0.25, 0.3) is 0 Å². The SMILES string of the molecule is CC(C)(C)C1=CC2c3cc(C(C)(C)C)cc(C(C)(C)C)c3OP(Oc3c(-c4cc(C(C)(C)C)cc(C(C)(C)C)c4O)cc(C(C)(C)C)cc3C(C)(C)C)OC2C(C(C)(C)C)=C1. The van der Waals surface area contributed by atoms with Crippen molar-refractivity contribution in [3.05, 3.63) is 98.6 Å². The summed E-state index contributed by atoms with van der Waals surface area (Å²) in [5.74, 6) is 1.73. The molecule has 0 aromatic heterocycles. The highest BCUT2D eigenvalue weighted by Gasteiger charge is 2.46. The van der Waals surface area contributed by atoms with Crippen molar-refractivity contribution in [2.24, 2.45) is 10.8 Å². The average molecular weight is 851 g/mol. The van der Waals surface area contributed by atoms with Crippen LogP contribution in [0.5, 0.6) is 17.2 Å². The molecule has 5 rings (SSSR count). The Morgan fingerprint density at radius 3 is 1.38 bits per heavy atom. The van der Waals surface area contributed by atoms with Crippen LogP contribution >= 0.6 is 8.60 Å². The molecule has 61 heavy (non-hydrogen) atoms. The Hall–Kier alpha value is -3.07. The lowest BCUT2D eigenvalue weighted by Gasteiger charge is -2.39. The number of phenolic OH excluding ortho intramolecular Hbond substituents is 1. The van der Waals surface area contributed by atoms with Crippen LogP contribution in [0, 0.1) is 10.8 Å². The van der Waals surface area contributed by atoms with Crippen molar-refractivity contribution < 1.29 is 18.7 Å². The molecule has 1 heterocycles. The second-order valence-electron chi connectivity index (χ2n) is 26.4. The van der Waals surface area contributed by atoms with E-state index in [4.69, 9.17) is 13.6 Å². The molecule has 0 saturated heterocycles. The second-order valence-corrected chi connectivity index (χ2v) is 27.5. The van der Waals surface area contributed by atoms with Gasteiger partial charge in [0.1, 0.15) is 23.4 Å². The lowest BCUT2D eigenvalue weighted by Crippen LogP contribution is -2.33. The van der Waals surface area contributed by atoms with Crippen LogP contribution in [0.15, 0.2) is 59.7 Å². The first-order chi connectivity index (χ1) is 27.2. The van der Waals surface area contributed by atoms with Crippen LogP contribution in [0.25, 0.3) is 11.1 Å². The fourth-order valence-electron chi connectivity index (χ4n) is 8.31. The first-order valence-electron chi connectivity index (χ1n) is 22.7. The van der Waals surface area contributed by atoms with Gasteiger partial charge in [0.2, 0.25) is 0 Å². The summed E-state index contributed by atoms with van der Waals surface area (Å²) in [5.41, 5.74) is 10.4. The van der Waals surface area contributed by atoms with Gasteiger partial charge >= 0.3 is 8.60 Å². The number of aromatic hydroxyl groups is 1. The van der Waals surface area contributed by atoms with Gasteiger partial charge < -0.3 is 14.2 Å². The molecule has 0 bridgehead atoms. The molecule has 0 amide bonds. The summed E-state index contributed by atoms with van der Waals surface area (Å²) in [6.45, 7) is 54.3. The normalized spacial score (nSPS) is 19.6. The first-order valence-corrected chi connectivity index (χ1v) is 23.8. The predicted molar refractivity (Wildman–Crippen MR) is 263 cm³/mol. The van der Waals surface area contributed by atoms with Crippen LogP contribution < -0.4 is 9.05 Å². The maximum Gasteiger partial charge on any atom is 0.463 e. The largest absolute Gasteiger partial charge is 0.507 e. The topological polar surface area (TPSA) is 47.9 Å². The molecule has 1 N–H and O–H groups in total. The summed E-state index contributed by atoms with van der Waals surface area (Å²) in [4.78, 5) is 0. The van der Waals surface area contributed by atoms with Gasteiger partial charge in [-0.05, 0) is 83.3 Å². The van der Waals surface area contributed by atoms with E-state index in [0.29, 0.717) is 5.75 Å². The summed E-state index contributed by atoms with van der Waals surface area (Å²) >= 11 is 0. The number of fused-ring (bicyclic) bond motifs is 3. The average Bonchev–Trinajstić information content (AvgIpc) is 3.20. The smallest absolute Gasteiger partial charge is 0.463 e. The van der Waals surface area contributed by atoms with E-state index < -0.39 is 8.60 Å². The summed E-state index contributed by atoms with van der Waals surface area (Å²) in [6, 6.07) is 13.7. The molecule has 3 unspecified atom stereocenters. The molecule has 0 spiro atoms. The lowest BCUT2D eigenvalue weighted by molar-refractivity contribution is 0.179. The minimum Gasteiger partial charge on any atom is -0.507 e. The van der Waals surface area contributed by atoms with Gasteiger partial charge in [-0.15, -0.1) is 0 Å². The molecule has 3 aromatic rings. The predicted octanol–water partition coefficient (Wildman–Crippen LogP) is 17.0. The van der Waals surface area contributed by atoms with Crippen molar-refractivity contribution in [1.82, 2.24) is 0 Å². The molecule has 3 atom stereocenters. The fraction of sp³-hybridized carbons (Fsp3) is 0.607. The molecule has 0 radical (unpaired) electrons. The van der Waals surface area contributed by atoms with Crippen LogP contribution in [0.1, 0.15) is 211 Å². The highest BCUT2D eigenvalue weighted by Crippen LogP contribution is 2.60. The number of rotatable bonds is 3. The minimum absolute atomic E-state index is 0.0780. The number of hydrogen-bond acceptors (Lipinski definition) is 4. The monoisotopic (exact) mass is 851 g/mol. The summed E-state index contributed by atoms with van der Waals surface area (Å²) < 4.78 is 22.4. The van der Waals surface area contributed by atoms with E-state index in [-0.39, 0.29) is 61.1 Å². The van der Waals surface area contributed by atoms with E-state index in [1.807, 2.05) is 0 Å². The standard InChI is InChI=1S/C56H83O4P/c1-49(2,3)33-25-37(45(57)41(29-33)53(13,14)15)38-26-34(50(4,5)6)30-42(54(16,17)18)46(38)58-61-59-47-39(27-35(51(7,8)9)31-43(47)55(19,20)21)40-28-36(52(10,11)12)32-44(48(40)60-61)56(22,23)24/h25-32,39,47,57H,1-24H3. The number of phenols is 1. The molecule has 5 heteroatoms. The maximum atomic E-state index is 12.5. The Labute approximate surface area is 374 Å². The Kier molecular flexibility index (Phi) is 12.5. The summed E-state index contributed by atoms with van der Waals surface area (Å²) in [5, 5.41) is 12.5. The third kappa shape index (κ3) is 10.3. The highest BCUT2D eigenvalue weighted by molar-refractivity contribution is 7.42. The molecule has 3 aromatic carbocycles. The van der Waals surface area contributed by atoms with Crippen molar-refractivity contribution in [2.75, 3.05) is 0 Å². The van der Waals surface area contributed by atoms with Gasteiger partial charge in [-0.2, -0.15) is 0 Å². The van der Waals surface area contributed by atoms with Crippen LogP contribution in [0.2, 0.25) is 0 Å². The van der Waals surface area contributed by atoms with Crippen molar-refractivity contribution in [1.29, 1.82) is 0 Å². The van der Waals surface area contributed by atoms with Gasteiger partial charge in [0.05, 0.1) is 0 Å². The van der Waals surface area contributed by atoms with Crippen molar-refractivity contribution in [3.8, 4) is 28.4 Å². The molecule has 1 aliphatic carbocycles. The van der Waals surface area contributed by atoms with E-state index in [1.165, 1.54) is 22.3 Å². The van der Waals surface area contributed by atoms with E-state index in [1.54, 1.807) is 0 Å². The van der Waals surface area contributed by atoms with E-state index >= 15 is 0 Å². The molecular formula is C56H83O4P. The Bertz CT molecular complexity index is 2210. The van der Waals surface area contributed by atoms with Crippen molar-refractivity contribution in [3.63, 3.8) is 0 Å². The third-order valence-corrected chi connectivity index (χ3v) is 13.6. The Morgan fingerprint density at radius 2 is 0.934 bits per heavy atom. The minimum atomic E-state index is -2.05. The zero-order valence-electron chi connectivity index (χ0n) is 42.9. The highest BCUT2D eigenvalue weighted by atomic mass is 31.2. The summed E-state index contributed by atoms with van der Waals surface area (Å²) in [6.07, 6.45) is 4.52. The lowest BCUT2D eigenvalue weighted by atomic mass is 9.68. The van der Waals surface area contributed by atoms with Crippen LogP contribution in [-0.2, 0) is 37.0 Å². The van der Waals surface area contributed by atoms with Crippen LogP contribution in [0.3, 0.4) is 0 Å². The van der Waals surface area contributed by atoms with E-state index in [2.05, 4.69) is 215 Å². The zero-order valence-corrected chi connectivity index (χ0v) is 43.8. The van der Waals surface area contributed by atoms with Crippen LogP contribution in [-0.4, -0.2) is 11.2 Å². The quantitative estimate of drug-likeness (QED) is 0.267. The first kappa shape index (κ1) is 49.0. The van der Waals surface area contributed by atoms with Gasteiger partial charge in [-0.1, -0.05) is 203 Å². The van der Waals surface area contributed by atoms with Gasteiger partial charge in [0.15, 0.2) is 0 Å². The third-order valence-electron chi connectivity index (χ3n) is 12.6. The van der Waals surface area contributed by atoms with Crippen LogP contribution in [0.4, 0.5) is 0 Å². The Balaban J connectivity index is 1.93. The number of allylic oxidation sites excluding steroid dienone is 2. The van der Waals surface area contributed by atoms with Crippen molar-refractivity contribution in [2.45, 2.75) is 211 Å². The summed E-state index contributed by atoms with van der Waals surface area (Å²) in [7, 11) is -2.05. The van der Waals surface area contributed by atoms with Gasteiger partial charge in [-0.3, -0.25) is 4.52 Å². The molecule has 1 aliphatic heterocycles. The molecule has 4 nitrogen and oxygen atoms in total.